The first-order valence-electron chi connectivity index (χ1n) is 9.59. The lowest BCUT2D eigenvalue weighted by atomic mass is 10.0. The highest BCUT2D eigenvalue weighted by Crippen LogP contribution is 2.28. The fourth-order valence-corrected chi connectivity index (χ4v) is 4.10. The van der Waals surface area contributed by atoms with E-state index in [2.05, 4.69) is 19.2 Å². The number of hydrogen-bond donors (Lipinski definition) is 0. The molecule has 0 saturated heterocycles. The Morgan fingerprint density at radius 1 is 1.31 bits per heavy atom. The summed E-state index contributed by atoms with van der Waals surface area (Å²) in [6.45, 7) is 5.35. The molecule has 1 aliphatic rings. The third-order valence-corrected chi connectivity index (χ3v) is 6.02. The highest BCUT2D eigenvalue weighted by Gasteiger charge is 2.29. The number of hydrogen-bond acceptors (Lipinski definition) is 4. The first kappa shape index (κ1) is 18.9. The minimum atomic E-state index is 0.212. The van der Waals surface area contributed by atoms with E-state index in [4.69, 9.17) is 9.72 Å². The van der Waals surface area contributed by atoms with E-state index in [-0.39, 0.29) is 12.0 Å². The Labute approximate surface area is 160 Å². The van der Waals surface area contributed by atoms with Gasteiger partial charge < -0.3 is 9.64 Å². The maximum Gasteiger partial charge on any atom is 0.226 e. The number of benzene rings is 1. The molecule has 1 heterocycles. The molecule has 1 fully saturated rings. The van der Waals surface area contributed by atoms with Crippen molar-refractivity contribution in [2.45, 2.75) is 65.1 Å². The molecule has 3 rings (SSSR count). The summed E-state index contributed by atoms with van der Waals surface area (Å²) in [5.74, 6) is 1.37. The van der Waals surface area contributed by atoms with E-state index < -0.39 is 0 Å². The Bertz CT molecular complexity index is 695. The zero-order valence-electron chi connectivity index (χ0n) is 15.7. The van der Waals surface area contributed by atoms with Crippen LogP contribution in [0.3, 0.4) is 0 Å². The predicted octanol–water partition coefficient (Wildman–Crippen LogP) is 5.04. The molecule has 1 aromatic carbocycles. The second-order valence-corrected chi connectivity index (χ2v) is 7.98. The van der Waals surface area contributed by atoms with Crippen molar-refractivity contribution in [3.63, 3.8) is 0 Å². The zero-order chi connectivity index (χ0) is 18.4. The smallest absolute Gasteiger partial charge is 0.226 e. The first-order chi connectivity index (χ1) is 12.7. The number of thiazole rings is 1. The zero-order valence-corrected chi connectivity index (χ0v) is 16.5. The van der Waals surface area contributed by atoms with Crippen LogP contribution in [0.2, 0.25) is 0 Å². The third kappa shape index (κ3) is 4.85. The number of para-hydroxylation sites is 1. The van der Waals surface area contributed by atoms with Gasteiger partial charge in [-0.25, -0.2) is 4.98 Å². The van der Waals surface area contributed by atoms with Crippen LogP contribution in [-0.4, -0.2) is 21.8 Å². The molecule has 140 valence electrons. The summed E-state index contributed by atoms with van der Waals surface area (Å²) in [5, 5.41) is 3.00. The highest BCUT2D eigenvalue weighted by atomic mass is 32.1. The van der Waals surface area contributed by atoms with E-state index in [1.54, 1.807) is 11.3 Å². The van der Waals surface area contributed by atoms with Gasteiger partial charge in [0.25, 0.3) is 0 Å². The average Bonchev–Trinajstić information content (AvgIpc) is 3.36. The maximum absolute atomic E-state index is 12.9. The number of amides is 1. The number of ether oxygens (including phenoxy) is 1. The van der Waals surface area contributed by atoms with Crippen molar-refractivity contribution in [3.05, 3.63) is 46.4 Å². The van der Waals surface area contributed by atoms with Crippen LogP contribution < -0.4 is 4.74 Å². The van der Waals surface area contributed by atoms with Crippen LogP contribution in [0.5, 0.6) is 5.75 Å². The van der Waals surface area contributed by atoms with Gasteiger partial charge in [-0.05, 0) is 38.3 Å². The number of nitrogens with zero attached hydrogens (tertiary/aromatic N) is 2. The fourth-order valence-electron chi connectivity index (χ4n) is 3.40. The lowest BCUT2D eigenvalue weighted by molar-refractivity contribution is -0.138. The first-order valence-corrected chi connectivity index (χ1v) is 10.5. The minimum Gasteiger partial charge on any atom is -0.486 e. The Hall–Kier alpha value is -1.88. The molecule has 26 heavy (non-hydrogen) atoms. The summed E-state index contributed by atoms with van der Waals surface area (Å²) in [6, 6.07) is 10.0. The van der Waals surface area contributed by atoms with Gasteiger partial charge in [0.1, 0.15) is 17.4 Å². The van der Waals surface area contributed by atoms with Crippen LogP contribution in [0, 0.1) is 5.92 Å². The molecule has 0 N–H and O–H groups in total. The van der Waals surface area contributed by atoms with Gasteiger partial charge in [0.15, 0.2) is 0 Å². The summed E-state index contributed by atoms with van der Waals surface area (Å²) in [4.78, 5) is 19.7. The molecule has 0 aliphatic heterocycles. The molecular formula is C21H28N2O2S. The molecule has 1 unspecified atom stereocenters. The second kappa shape index (κ2) is 9.17. The molecule has 0 bridgehead atoms. The van der Waals surface area contributed by atoms with E-state index >= 15 is 0 Å². The molecule has 1 aliphatic carbocycles. The second-order valence-electron chi connectivity index (χ2n) is 7.04. The summed E-state index contributed by atoms with van der Waals surface area (Å²) in [7, 11) is 0. The number of carbonyl (C=O) groups is 1. The van der Waals surface area contributed by atoms with E-state index in [9.17, 15) is 4.79 Å². The minimum absolute atomic E-state index is 0.212. The molecule has 4 nitrogen and oxygen atoms in total. The summed E-state index contributed by atoms with van der Waals surface area (Å²) in [6.07, 6.45) is 5.41. The lowest BCUT2D eigenvalue weighted by Gasteiger charge is -2.30. The Kier molecular flexibility index (Phi) is 6.67. The van der Waals surface area contributed by atoms with Crippen molar-refractivity contribution >= 4 is 17.2 Å². The molecule has 1 aromatic heterocycles. The highest BCUT2D eigenvalue weighted by molar-refractivity contribution is 7.09. The topological polar surface area (TPSA) is 42.4 Å². The van der Waals surface area contributed by atoms with Crippen LogP contribution in [0.1, 0.15) is 56.7 Å². The Morgan fingerprint density at radius 3 is 2.73 bits per heavy atom. The molecule has 0 spiro atoms. The third-order valence-electron chi connectivity index (χ3n) is 5.15. The van der Waals surface area contributed by atoms with Gasteiger partial charge in [0.05, 0.1) is 12.2 Å². The molecular weight excluding hydrogens is 344 g/mol. The van der Waals surface area contributed by atoms with Gasteiger partial charge in [0.2, 0.25) is 5.91 Å². The van der Waals surface area contributed by atoms with Crippen LogP contribution in [-0.2, 0) is 17.9 Å². The SMILES string of the molecule is CCC(C)N(Cc1csc(COc2ccccc2)n1)C(=O)C1CCCC1. The summed E-state index contributed by atoms with van der Waals surface area (Å²) >= 11 is 1.60. The Balaban J connectivity index is 1.61. The van der Waals surface area contributed by atoms with E-state index in [1.807, 2.05) is 35.2 Å². The maximum atomic E-state index is 12.9. The van der Waals surface area contributed by atoms with E-state index in [0.29, 0.717) is 19.1 Å². The average molecular weight is 373 g/mol. The van der Waals surface area contributed by atoms with Gasteiger partial charge in [-0.3, -0.25) is 4.79 Å². The van der Waals surface area contributed by atoms with Crippen molar-refractivity contribution in [2.75, 3.05) is 0 Å². The van der Waals surface area contributed by atoms with E-state index in [0.717, 1.165) is 35.7 Å². The van der Waals surface area contributed by atoms with Crippen LogP contribution in [0.15, 0.2) is 35.7 Å². The largest absolute Gasteiger partial charge is 0.486 e. The number of aromatic nitrogens is 1. The Morgan fingerprint density at radius 2 is 2.04 bits per heavy atom. The van der Waals surface area contributed by atoms with Crippen molar-refractivity contribution in [1.82, 2.24) is 9.88 Å². The predicted molar refractivity (Wildman–Crippen MR) is 105 cm³/mol. The summed E-state index contributed by atoms with van der Waals surface area (Å²) < 4.78 is 5.78. The van der Waals surface area contributed by atoms with E-state index in [1.165, 1.54) is 12.8 Å². The standard InChI is InChI=1S/C21H28N2O2S/c1-3-16(2)23(21(24)17-9-7-8-10-17)13-18-15-26-20(22-18)14-25-19-11-5-4-6-12-19/h4-6,11-12,15-17H,3,7-10,13-14H2,1-2H3. The van der Waals surface area contributed by atoms with Crippen molar-refractivity contribution in [1.29, 1.82) is 0 Å². The van der Waals surface area contributed by atoms with Gasteiger partial charge in [-0.2, -0.15) is 0 Å². The molecule has 1 atom stereocenters. The molecule has 0 radical (unpaired) electrons. The quantitative estimate of drug-likeness (QED) is 0.652. The van der Waals surface area contributed by atoms with Crippen molar-refractivity contribution in [3.8, 4) is 5.75 Å². The number of rotatable bonds is 8. The normalized spacial score (nSPS) is 15.8. The van der Waals surface area contributed by atoms with Gasteiger partial charge >= 0.3 is 0 Å². The molecule has 1 amide bonds. The van der Waals surface area contributed by atoms with Crippen molar-refractivity contribution in [2.24, 2.45) is 5.92 Å². The molecule has 2 aromatic rings. The van der Waals surface area contributed by atoms with Crippen molar-refractivity contribution < 1.29 is 9.53 Å². The van der Waals surface area contributed by atoms with Crippen LogP contribution in [0.25, 0.3) is 0 Å². The van der Waals surface area contributed by atoms with Crippen LogP contribution >= 0.6 is 11.3 Å². The molecule has 5 heteroatoms. The van der Waals surface area contributed by atoms with Crippen LogP contribution in [0.4, 0.5) is 0 Å². The fraction of sp³-hybridized carbons (Fsp3) is 0.524. The molecule has 1 saturated carbocycles. The number of carbonyl (C=O) groups excluding carboxylic acids is 1. The summed E-state index contributed by atoms with van der Waals surface area (Å²) in [5.41, 5.74) is 0.966. The van der Waals surface area contributed by atoms with Gasteiger partial charge in [-0.15, -0.1) is 11.3 Å². The van der Waals surface area contributed by atoms with Gasteiger partial charge in [0, 0.05) is 17.3 Å². The monoisotopic (exact) mass is 372 g/mol. The lowest BCUT2D eigenvalue weighted by Crippen LogP contribution is -2.41. The van der Waals surface area contributed by atoms with Gasteiger partial charge in [-0.1, -0.05) is 38.0 Å².